The van der Waals surface area contributed by atoms with E-state index in [1.54, 1.807) is 6.08 Å². The summed E-state index contributed by atoms with van der Waals surface area (Å²) in [6, 6.07) is 6.09. The van der Waals surface area contributed by atoms with Crippen LogP contribution in [0.15, 0.2) is 23.2 Å². The van der Waals surface area contributed by atoms with E-state index in [4.69, 9.17) is 16.3 Å². The van der Waals surface area contributed by atoms with E-state index in [9.17, 15) is 4.79 Å². The summed E-state index contributed by atoms with van der Waals surface area (Å²) in [6.07, 6.45) is 5.65. The van der Waals surface area contributed by atoms with Gasteiger partial charge in [-0.1, -0.05) is 23.7 Å². The van der Waals surface area contributed by atoms with Gasteiger partial charge in [-0.25, -0.2) is 4.79 Å². The number of isocyanates is 1. The van der Waals surface area contributed by atoms with Crippen LogP contribution in [0.1, 0.15) is 42.7 Å². The third-order valence-electron chi connectivity index (χ3n) is 4.35. The lowest BCUT2D eigenvalue weighted by atomic mass is 9.72. The van der Waals surface area contributed by atoms with Crippen molar-refractivity contribution in [3.63, 3.8) is 0 Å². The highest BCUT2D eigenvalue weighted by atomic mass is 35.5. The molecule has 0 aromatic heterocycles. The molecule has 3 nitrogen and oxygen atoms in total. The van der Waals surface area contributed by atoms with E-state index in [2.05, 4.69) is 17.1 Å². The number of benzene rings is 1. The van der Waals surface area contributed by atoms with E-state index in [0.717, 1.165) is 55.0 Å². The summed E-state index contributed by atoms with van der Waals surface area (Å²) in [5, 5.41) is 0.764. The topological polar surface area (TPSA) is 38.7 Å². The molecule has 1 saturated heterocycles. The van der Waals surface area contributed by atoms with Crippen molar-refractivity contribution in [3.05, 3.63) is 34.3 Å². The Morgan fingerprint density at radius 3 is 2.79 bits per heavy atom. The zero-order chi connectivity index (χ0) is 13.3. The van der Waals surface area contributed by atoms with Crippen LogP contribution in [-0.2, 0) is 15.1 Å². The fourth-order valence-corrected chi connectivity index (χ4v) is 3.33. The molecule has 19 heavy (non-hydrogen) atoms. The molecule has 1 aromatic rings. The fourth-order valence-electron chi connectivity index (χ4n) is 2.99. The van der Waals surface area contributed by atoms with Gasteiger partial charge in [-0.05, 0) is 42.9 Å². The second-order valence-corrected chi connectivity index (χ2v) is 5.79. The summed E-state index contributed by atoms with van der Waals surface area (Å²) in [5.41, 5.74) is 1.82. The summed E-state index contributed by atoms with van der Waals surface area (Å²) in [4.78, 5) is 14.6. The van der Waals surface area contributed by atoms with Crippen LogP contribution in [0, 0.1) is 0 Å². The molecule has 0 amide bonds. The summed E-state index contributed by atoms with van der Waals surface area (Å²) in [7, 11) is 0. The maximum Gasteiger partial charge on any atom is 0.235 e. The number of hydrogen-bond acceptors (Lipinski definition) is 3. The Labute approximate surface area is 117 Å². The van der Waals surface area contributed by atoms with Crippen LogP contribution in [0.4, 0.5) is 0 Å². The molecular formula is C15H16ClNO2. The van der Waals surface area contributed by atoms with Crippen LogP contribution < -0.4 is 0 Å². The summed E-state index contributed by atoms with van der Waals surface area (Å²) in [6.45, 7) is 1.55. The largest absolute Gasteiger partial charge is 0.381 e. The molecule has 2 fully saturated rings. The first-order valence-electron chi connectivity index (χ1n) is 6.72. The van der Waals surface area contributed by atoms with Gasteiger partial charge in [0.2, 0.25) is 6.08 Å². The van der Waals surface area contributed by atoms with Gasteiger partial charge in [0.1, 0.15) is 0 Å². The Kier molecular flexibility index (Phi) is 3.44. The molecule has 0 N–H and O–H groups in total. The van der Waals surface area contributed by atoms with Crippen molar-refractivity contribution in [2.45, 2.75) is 37.1 Å². The summed E-state index contributed by atoms with van der Waals surface area (Å²) < 4.78 is 5.41. The van der Waals surface area contributed by atoms with Gasteiger partial charge in [-0.3, -0.25) is 0 Å². The molecule has 1 aromatic carbocycles. The average Bonchev–Trinajstić information content (AvgIpc) is 2.87. The third kappa shape index (κ3) is 2.23. The van der Waals surface area contributed by atoms with E-state index in [1.807, 2.05) is 6.07 Å². The van der Waals surface area contributed by atoms with Crippen molar-refractivity contribution < 1.29 is 9.53 Å². The second kappa shape index (κ2) is 5.09. The van der Waals surface area contributed by atoms with Crippen molar-refractivity contribution in [2.24, 2.45) is 4.99 Å². The minimum absolute atomic E-state index is 0.365. The molecule has 0 bridgehead atoms. The normalized spacial score (nSPS) is 24.6. The van der Waals surface area contributed by atoms with Crippen LogP contribution in [0.3, 0.4) is 0 Å². The van der Waals surface area contributed by atoms with Gasteiger partial charge < -0.3 is 4.74 Å². The van der Waals surface area contributed by atoms with E-state index < -0.39 is 0 Å². The first kappa shape index (κ1) is 12.9. The molecule has 2 aliphatic rings. The van der Waals surface area contributed by atoms with Crippen LogP contribution in [0.5, 0.6) is 0 Å². The molecule has 100 valence electrons. The van der Waals surface area contributed by atoms with Gasteiger partial charge >= 0.3 is 0 Å². The molecule has 0 spiro atoms. The summed E-state index contributed by atoms with van der Waals surface area (Å²) >= 11 is 6.40. The van der Waals surface area contributed by atoms with Gasteiger partial charge in [0.05, 0.1) is 12.1 Å². The van der Waals surface area contributed by atoms with E-state index >= 15 is 0 Å². The van der Waals surface area contributed by atoms with Crippen LogP contribution in [0.25, 0.3) is 0 Å². The zero-order valence-corrected chi connectivity index (χ0v) is 11.4. The number of halogens is 1. The standard InChI is InChI=1S/C15H16ClNO2/c16-14-8-12(15(17-10-18)5-1-6-15)2-3-13(14)11-4-7-19-9-11/h2-3,8,11H,1,4-7,9H2. The lowest BCUT2D eigenvalue weighted by Crippen LogP contribution is -2.31. The number of hydrogen-bond donors (Lipinski definition) is 0. The van der Waals surface area contributed by atoms with Crippen molar-refractivity contribution in [1.29, 1.82) is 0 Å². The van der Waals surface area contributed by atoms with Crippen molar-refractivity contribution in [3.8, 4) is 0 Å². The van der Waals surface area contributed by atoms with E-state index in [-0.39, 0.29) is 5.54 Å². The monoisotopic (exact) mass is 277 g/mol. The molecule has 1 aliphatic heterocycles. The van der Waals surface area contributed by atoms with E-state index in [1.165, 1.54) is 0 Å². The lowest BCUT2D eigenvalue weighted by molar-refractivity contribution is 0.194. The van der Waals surface area contributed by atoms with Crippen molar-refractivity contribution >= 4 is 17.7 Å². The highest BCUT2D eigenvalue weighted by Gasteiger charge is 2.39. The highest BCUT2D eigenvalue weighted by molar-refractivity contribution is 6.31. The molecule has 3 rings (SSSR count). The zero-order valence-electron chi connectivity index (χ0n) is 10.7. The van der Waals surface area contributed by atoms with E-state index in [0.29, 0.717) is 5.92 Å². The molecular weight excluding hydrogens is 262 g/mol. The molecule has 1 heterocycles. The number of ether oxygens (including phenoxy) is 1. The van der Waals surface area contributed by atoms with Gasteiger partial charge in [0.15, 0.2) is 0 Å². The SMILES string of the molecule is O=C=NC1(c2ccc(C3CCOC3)c(Cl)c2)CCC1. The Morgan fingerprint density at radius 1 is 1.42 bits per heavy atom. The molecule has 1 saturated carbocycles. The lowest BCUT2D eigenvalue weighted by Gasteiger charge is -2.37. The second-order valence-electron chi connectivity index (χ2n) is 5.39. The third-order valence-corrected chi connectivity index (χ3v) is 4.68. The Morgan fingerprint density at radius 2 is 2.26 bits per heavy atom. The quantitative estimate of drug-likeness (QED) is 0.626. The smallest absolute Gasteiger partial charge is 0.235 e. The maximum absolute atomic E-state index is 10.6. The minimum Gasteiger partial charge on any atom is -0.381 e. The molecule has 0 radical (unpaired) electrons. The Balaban J connectivity index is 1.92. The maximum atomic E-state index is 10.6. The summed E-state index contributed by atoms with van der Waals surface area (Å²) in [5.74, 6) is 0.397. The predicted molar refractivity (Wildman–Crippen MR) is 73.3 cm³/mol. The molecule has 1 unspecified atom stereocenters. The van der Waals surface area contributed by atoms with Crippen molar-refractivity contribution in [1.82, 2.24) is 0 Å². The van der Waals surface area contributed by atoms with Gasteiger partial charge in [-0.2, -0.15) is 4.99 Å². The molecule has 4 heteroatoms. The van der Waals surface area contributed by atoms with Gasteiger partial charge in [0.25, 0.3) is 0 Å². The molecule has 1 aliphatic carbocycles. The first-order chi connectivity index (χ1) is 9.25. The average molecular weight is 278 g/mol. The first-order valence-corrected chi connectivity index (χ1v) is 7.10. The van der Waals surface area contributed by atoms with Crippen LogP contribution in [-0.4, -0.2) is 19.3 Å². The van der Waals surface area contributed by atoms with Crippen molar-refractivity contribution in [2.75, 3.05) is 13.2 Å². The number of aliphatic imine (C=N–C) groups is 1. The fraction of sp³-hybridized carbons (Fsp3) is 0.533. The predicted octanol–water partition coefficient (Wildman–Crippen LogP) is 3.56. The van der Waals surface area contributed by atoms with Crippen LogP contribution >= 0.6 is 11.6 Å². The van der Waals surface area contributed by atoms with Crippen LogP contribution in [0.2, 0.25) is 5.02 Å². The Hall–Kier alpha value is -1.15. The molecule has 1 atom stereocenters. The minimum atomic E-state index is -0.365. The number of nitrogens with zero attached hydrogens (tertiary/aromatic N) is 1. The van der Waals surface area contributed by atoms with Gasteiger partial charge in [-0.15, -0.1) is 0 Å². The number of rotatable bonds is 3. The van der Waals surface area contributed by atoms with Gasteiger partial charge in [0, 0.05) is 17.5 Å². The Bertz CT molecular complexity index is 527. The number of carbonyl (C=O) groups excluding carboxylic acids is 1. The highest BCUT2D eigenvalue weighted by Crippen LogP contribution is 2.46.